The van der Waals surface area contributed by atoms with Gasteiger partial charge >= 0.3 is 6.36 Å². The lowest BCUT2D eigenvalue weighted by molar-refractivity contribution is -0.274. The number of alkyl halides is 3. The highest BCUT2D eigenvalue weighted by Gasteiger charge is 2.59. The minimum atomic E-state index is -4.75. The van der Waals surface area contributed by atoms with Gasteiger partial charge in [0, 0.05) is 18.8 Å². The number of ether oxygens (including phenoxy) is 3. The zero-order valence-corrected chi connectivity index (χ0v) is 13.8. The normalized spacial score (nSPS) is 28.6. The average molecular weight is 359 g/mol. The van der Waals surface area contributed by atoms with Crippen LogP contribution in [0, 0.1) is 0 Å². The molecule has 25 heavy (non-hydrogen) atoms. The number of amides is 1. The zero-order chi connectivity index (χ0) is 18.1. The summed E-state index contributed by atoms with van der Waals surface area (Å²) in [5.74, 6) is -0.715. The molecule has 0 bridgehead atoms. The van der Waals surface area contributed by atoms with Crippen molar-refractivity contribution in [2.75, 3.05) is 13.2 Å². The Morgan fingerprint density at radius 2 is 2.08 bits per heavy atom. The molecule has 138 valence electrons. The van der Waals surface area contributed by atoms with E-state index in [4.69, 9.17) is 9.47 Å². The molecule has 1 N–H and O–H groups in total. The van der Waals surface area contributed by atoms with Crippen LogP contribution in [-0.4, -0.2) is 43.2 Å². The molecule has 1 aromatic carbocycles. The van der Waals surface area contributed by atoms with E-state index in [0.29, 0.717) is 19.6 Å². The van der Waals surface area contributed by atoms with Crippen molar-refractivity contribution >= 4 is 5.91 Å². The number of hydrogen-bond acceptors (Lipinski definition) is 4. The van der Waals surface area contributed by atoms with Crippen LogP contribution in [0.25, 0.3) is 0 Å². The number of carbonyl (C=O) groups is 1. The van der Waals surface area contributed by atoms with Crippen LogP contribution in [0.5, 0.6) is 5.75 Å². The molecule has 1 amide bonds. The van der Waals surface area contributed by atoms with Crippen LogP contribution in [0.2, 0.25) is 0 Å². The van der Waals surface area contributed by atoms with Crippen molar-refractivity contribution in [2.24, 2.45) is 0 Å². The van der Waals surface area contributed by atoms with E-state index >= 15 is 0 Å². The highest BCUT2D eigenvalue weighted by Crippen LogP contribution is 2.45. The third-order valence-electron chi connectivity index (χ3n) is 4.69. The fourth-order valence-electron chi connectivity index (χ4n) is 3.53. The molecule has 0 radical (unpaired) electrons. The van der Waals surface area contributed by atoms with Gasteiger partial charge in [-0.1, -0.05) is 0 Å². The summed E-state index contributed by atoms with van der Waals surface area (Å²) >= 11 is 0. The minimum absolute atomic E-state index is 0.0344. The standard InChI is InChI=1S/C17H20F3NO4/c1-2-23-14-10-13(16(14)8-3-9-24-16)21-15(22)11-4-6-12(7-5-11)25-17(18,19)20/h4-7,13-14H,2-3,8-10H2,1H3,(H,21,22). The Morgan fingerprint density at radius 3 is 2.64 bits per heavy atom. The lowest BCUT2D eigenvalue weighted by Gasteiger charge is -2.52. The average Bonchev–Trinajstić information content (AvgIpc) is 3.06. The monoisotopic (exact) mass is 359 g/mol. The third kappa shape index (κ3) is 3.74. The third-order valence-corrected chi connectivity index (χ3v) is 4.69. The molecule has 1 aliphatic carbocycles. The Labute approximate surface area is 143 Å². The minimum Gasteiger partial charge on any atom is -0.406 e. The molecule has 5 nitrogen and oxygen atoms in total. The van der Waals surface area contributed by atoms with Crippen molar-refractivity contribution in [3.8, 4) is 5.75 Å². The first kappa shape index (κ1) is 18.0. The molecule has 3 unspecified atom stereocenters. The van der Waals surface area contributed by atoms with Gasteiger partial charge in [0.1, 0.15) is 11.4 Å². The van der Waals surface area contributed by atoms with Gasteiger partial charge in [-0.2, -0.15) is 0 Å². The molecule has 1 spiro atoms. The number of halogens is 3. The van der Waals surface area contributed by atoms with Gasteiger partial charge in [-0.3, -0.25) is 4.79 Å². The number of rotatable bonds is 5. The molecule has 3 rings (SSSR count). The number of hydrogen-bond donors (Lipinski definition) is 1. The molecule has 1 aromatic rings. The molecule has 0 aromatic heterocycles. The topological polar surface area (TPSA) is 56.8 Å². The van der Waals surface area contributed by atoms with E-state index in [1.165, 1.54) is 12.1 Å². The number of carbonyl (C=O) groups excluding carboxylic acids is 1. The largest absolute Gasteiger partial charge is 0.573 e. The van der Waals surface area contributed by atoms with Crippen LogP contribution >= 0.6 is 0 Å². The highest BCUT2D eigenvalue weighted by molar-refractivity contribution is 5.94. The zero-order valence-electron chi connectivity index (χ0n) is 13.8. The highest BCUT2D eigenvalue weighted by atomic mass is 19.4. The lowest BCUT2D eigenvalue weighted by atomic mass is 9.70. The second-order valence-electron chi connectivity index (χ2n) is 6.18. The van der Waals surface area contributed by atoms with E-state index in [9.17, 15) is 18.0 Å². The molecule has 1 aliphatic heterocycles. The number of benzene rings is 1. The Kier molecular flexibility index (Phi) is 4.92. The Bertz CT molecular complexity index is 611. The van der Waals surface area contributed by atoms with Crippen LogP contribution < -0.4 is 10.1 Å². The molecule has 2 aliphatic rings. The van der Waals surface area contributed by atoms with Gasteiger partial charge in [-0.05, 0) is 50.5 Å². The first-order valence-electron chi connectivity index (χ1n) is 8.26. The van der Waals surface area contributed by atoms with Crippen molar-refractivity contribution < 1.29 is 32.2 Å². The maximum atomic E-state index is 12.4. The molecular formula is C17H20F3NO4. The first-order chi connectivity index (χ1) is 11.8. The van der Waals surface area contributed by atoms with Crippen molar-refractivity contribution in [3.05, 3.63) is 29.8 Å². The maximum Gasteiger partial charge on any atom is 0.573 e. The van der Waals surface area contributed by atoms with Crippen LogP contribution in [0.1, 0.15) is 36.5 Å². The van der Waals surface area contributed by atoms with Gasteiger partial charge in [0.15, 0.2) is 0 Å². The van der Waals surface area contributed by atoms with Gasteiger partial charge in [-0.15, -0.1) is 13.2 Å². The quantitative estimate of drug-likeness (QED) is 0.878. The molecular weight excluding hydrogens is 339 g/mol. The predicted octanol–water partition coefficient (Wildman–Crippen LogP) is 3.04. The number of nitrogens with one attached hydrogen (secondary N) is 1. The fourth-order valence-corrected chi connectivity index (χ4v) is 3.53. The molecule has 3 atom stereocenters. The molecule has 8 heteroatoms. The summed E-state index contributed by atoms with van der Waals surface area (Å²) < 4.78 is 51.9. The van der Waals surface area contributed by atoms with E-state index in [0.717, 1.165) is 25.0 Å². The second-order valence-corrected chi connectivity index (χ2v) is 6.18. The summed E-state index contributed by atoms with van der Waals surface area (Å²) in [5.41, 5.74) is -0.215. The summed E-state index contributed by atoms with van der Waals surface area (Å²) in [5, 5.41) is 2.91. The predicted molar refractivity (Wildman–Crippen MR) is 82.3 cm³/mol. The van der Waals surface area contributed by atoms with Crippen LogP contribution in [0.3, 0.4) is 0 Å². The smallest absolute Gasteiger partial charge is 0.406 e. The van der Waals surface area contributed by atoms with Crippen molar-refractivity contribution in [1.29, 1.82) is 0 Å². The first-order valence-corrected chi connectivity index (χ1v) is 8.26. The van der Waals surface area contributed by atoms with E-state index in [2.05, 4.69) is 10.1 Å². The van der Waals surface area contributed by atoms with Gasteiger partial charge < -0.3 is 19.5 Å². The Hall–Kier alpha value is -1.80. The molecule has 2 fully saturated rings. The Balaban J connectivity index is 1.62. The molecule has 1 heterocycles. The van der Waals surface area contributed by atoms with Crippen LogP contribution in [0.15, 0.2) is 24.3 Å². The van der Waals surface area contributed by atoms with E-state index < -0.39 is 12.0 Å². The van der Waals surface area contributed by atoms with Crippen molar-refractivity contribution in [2.45, 2.75) is 50.3 Å². The van der Waals surface area contributed by atoms with E-state index in [1.54, 1.807) is 0 Å². The van der Waals surface area contributed by atoms with Crippen LogP contribution in [-0.2, 0) is 9.47 Å². The lowest BCUT2D eigenvalue weighted by Crippen LogP contribution is -2.69. The summed E-state index contributed by atoms with van der Waals surface area (Å²) in [4.78, 5) is 12.4. The Morgan fingerprint density at radius 1 is 1.36 bits per heavy atom. The van der Waals surface area contributed by atoms with Crippen molar-refractivity contribution in [3.63, 3.8) is 0 Å². The molecule has 1 saturated carbocycles. The maximum absolute atomic E-state index is 12.4. The SMILES string of the molecule is CCOC1CC(NC(=O)c2ccc(OC(F)(F)F)cc2)C12CCCO2. The fraction of sp³-hybridized carbons (Fsp3) is 0.588. The summed E-state index contributed by atoms with van der Waals surface area (Å²) in [6.07, 6.45) is -2.39. The summed E-state index contributed by atoms with van der Waals surface area (Å²) in [6, 6.07) is 4.68. The van der Waals surface area contributed by atoms with E-state index in [-0.39, 0.29) is 29.4 Å². The van der Waals surface area contributed by atoms with Gasteiger partial charge in [0.05, 0.1) is 12.1 Å². The summed E-state index contributed by atoms with van der Waals surface area (Å²) in [7, 11) is 0. The van der Waals surface area contributed by atoms with E-state index in [1.807, 2.05) is 6.92 Å². The van der Waals surface area contributed by atoms with Crippen LogP contribution in [0.4, 0.5) is 13.2 Å². The summed E-state index contributed by atoms with van der Waals surface area (Å²) in [6.45, 7) is 3.13. The van der Waals surface area contributed by atoms with Gasteiger partial charge in [0.25, 0.3) is 5.91 Å². The van der Waals surface area contributed by atoms with Gasteiger partial charge in [0.2, 0.25) is 0 Å². The van der Waals surface area contributed by atoms with Crippen molar-refractivity contribution in [1.82, 2.24) is 5.32 Å². The second kappa shape index (κ2) is 6.84. The molecule has 1 saturated heterocycles. The van der Waals surface area contributed by atoms with Gasteiger partial charge in [-0.25, -0.2) is 0 Å².